The van der Waals surface area contributed by atoms with Gasteiger partial charge >= 0.3 is 21.3 Å². The number of aromatic nitrogens is 2. The van der Waals surface area contributed by atoms with Crippen LogP contribution in [0.3, 0.4) is 0 Å². The molecule has 14 nitrogen and oxygen atoms in total. The zero-order chi connectivity index (χ0) is 19.0. The molecule has 1 saturated heterocycles. The number of aliphatic hydroxyl groups excluding tert-OH is 2. The first-order valence-electron chi connectivity index (χ1n) is 6.50. The third kappa shape index (κ3) is 6.17. The standard InChI is InChI=1S/C9H15N3O11P2.Na/c10-5-1-2-12(9(15)11-5)8-7(14)6(13)4(22-8)3-21-25(19,20)23-24(16,17)18;/h1-2,4,6-8,13-14H,3H2,(H,19,20)(H2,10,11,15)(H2,16,17,18);/t4-,6-,7-,8-;/m1./s1. The third-order valence-electron chi connectivity index (χ3n) is 3.07. The van der Waals surface area contributed by atoms with E-state index in [1.54, 1.807) is 0 Å². The van der Waals surface area contributed by atoms with Gasteiger partial charge in [0.25, 0.3) is 0 Å². The number of aliphatic hydroxyl groups is 2. The average Bonchev–Trinajstić information content (AvgIpc) is 2.71. The van der Waals surface area contributed by atoms with E-state index in [2.05, 4.69) is 13.8 Å². The summed E-state index contributed by atoms with van der Waals surface area (Å²) >= 11 is 0. The van der Waals surface area contributed by atoms with Crippen molar-refractivity contribution in [2.24, 2.45) is 0 Å². The Morgan fingerprint density at radius 3 is 2.42 bits per heavy atom. The molecule has 1 aliphatic heterocycles. The minimum Gasteiger partial charge on any atom is -0.387 e. The minimum atomic E-state index is -5.30. The van der Waals surface area contributed by atoms with Crippen LogP contribution in [-0.2, 0) is 22.7 Å². The van der Waals surface area contributed by atoms with Gasteiger partial charge in [0.1, 0.15) is 24.1 Å². The molecule has 0 saturated carbocycles. The average molecular weight is 426 g/mol. The number of nitrogens with two attached hydrogens (primary N) is 1. The monoisotopic (exact) mass is 426 g/mol. The zero-order valence-corrected chi connectivity index (χ0v) is 17.0. The Labute approximate surface area is 167 Å². The quantitative estimate of drug-likeness (QED) is 0.201. The molecule has 5 atom stereocenters. The first-order valence-corrected chi connectivity index (χ1v) is 9.53. The molecule has 26 heavy (non-hydrogen) atoms. The van der Waals surface area contributed by atoms with Gasteiger partial charge in [-0.1, -0.05) is 0 Å². The summed E-state index contributed by atoms with van der Waals surface area (Å²) in [6.45, 7) is -0.875. The van der Waals surface area contributed by atoms with Crippen LogP contribution in [0.2, 0.25) is 0 Å². The molecule has 0 bridgehead atoms. The Kier molecular flexibility index (Phi) is 8.15. The van der Waals surface area contributed by atoms with E-state index in [1.165, 1.54) is 6.07 Å². The van der Waals surface area contributed by atoms with Crippen LogP contribution < -0.4 is 11.4 Å². The number of phosphoric acid groups is 2. The van der Waals surface area contributed by atoms with E-state index < -0.39 is 52.5 Å². The maximum atomic E-state index is 11.7. The van der Waals surface area contributed by atoms with Gasteiger partial charge in [0.2, 0.25) is 0 Å². The molecule has 2 rings (SSSR count). The normalized spacial score (nSPS) is 28.3. The molecule has 1 fully saturated rings. The Balaban J connectivity index is 0.00000338. The summed E-state index contributed by atoms with van der Waals surface area (Å²) in [7, 11) is -10.5. The fourth-order valence-electron chi connectivity index (χ4n) is 2.04. The number of hydrogen-bond donors (Lipinski definition) is 6. The molecule has 0 spiro atoms. The van der Waals surface area contributed by atoms with Crippen LogP contribution in [0.1, 0.15) is 6.23 Å². The first-order chi connectivity index (χ1) is 11.4. The van der Waals surface area contributed by atoms with E-state index in [0.29, 0.717) is 0 Å². The van der Waals surface area contributed by atoms with Crippen LogP contribution in [0.15, 0.2) is 17.1 Å². The molecular weight excluding hydrogens is 411 g/mol. The van der Waals surface area contributed by atoms with Crippen LogP contribution in [0.25, 0.3) is 0 Å². The zero-order valence-electron chi connectivity index (χ0n) is 13.2. The molecule has 2 heterocycles. The molecular formula is C9H15N3NaO11P2. The van der Waals surface area contributed by atoms with Crippen molar-refractivity contribution in [2.75, 3.05) is 12.3 Å². The third-order valence-corrected chi connectivity index (χ3v) is 5.23. The Morgan fingerprint density at radius 2 is 1.88 bits per heavy atom. The summed E-state index contributed by atoms with van der Waals surface area (Å²) in [5, 5.41) is 19.8. The number of anilines is 1. The van der Waals surface area contributed by atoms with E-state index in [0.717, 1.165) is 10.8 Å². The number of phosphoric ester groups is 1. The van der Waals surface area contributed by atoms with Crippen molar-refractivity contribution in [3.63, 3.8) is 0 Å². The van der Waals surface area contributed by atoms with Crippen LogP contribution in [0.5, 0.6) is 0 Å². The van der Waals surface area contributed by atoms with Gasteiger partial charge in [-0.3, -0.25) is 9.09 Å². The second-order valence-corrected chi connectivity index (χ2v) is 7.75. The van der Waals surface area contributed by atoms with Gasteiger partial charge in [-0.25, -0.2) is 13.9 Å². The number of ether oxygens (including phenoxy) is 1. The van der Waals surface area contributed by atoms with Crippen LogP contribution in [-0.4, -0.2) is 88.9 Å². The fourth-order valence-corrected chi connectivity index (χ4v) is 3.64. The fraction of sp³-hybridized carbons (Fsp3) is 0.556. The predicted molar refractivity (Wildman–Crippen MR) is 83.5 cm³/mol. The van der Waals surface area contributed by atoms with Gasteiger partial charge in [0.15, 0.2) is 6.23 Å². The maximum Gasteiger partial charge on any atom is 0.481 e. The molecule has 1 unspecified atom stereocenters. The van der Waals surface area contributed by atoms with Crippen molar-refractivity contribution in [1.82, 2.24) is 9.55 Å². The van der Waals surface area contributed by atoms with Crippen LogP contribution >= 0.6 is 15.6 Å². The van der Waals surface area contributed by atoms with Gasteiger partial charge < -0.3 is 35.4 Å². The van der Waals surface area contributed by atoms with E-state index in [4.69, 9.17) is 25.2 Å². The molecule has 0 amide bonds. The van der Waals surface area contributed by atoms with Crippen LogP contribution in [0, 0.1) is 0 Å². The second kappa shape index (κ2) is 8.88. The Hall–Kier alpha value is -0.180. The summed E-state index contributed by atoms with van der Waals surface area (Å²) in [5.41, 5.74) is 4.45. The molecule has 7 N–H and O–H groups in total. The molecule has 0 aliphatic carbocycles. The first kappa shape index (κ1) is 23.9. The molecule has 17 heteroatoms. The number of rotatable bonds is 6. The summed E-state index contributed by atoms with van der Waals surface area (Å²) in [5.74, 6) is -0.0787. The molecule has 1 aromatic rings. The molecule has 0 aromatic carbocycles. The topological polar surface area (TPSA) is 224 Å². The van der Waals surface area contributed by atoms with Crippen molar-refractivity contribution in [2.45, 2.75) is 24.5 Å². The van der Waals surface area contributed by atoms with E-state index in [1.807, 2.05) is 0 Å². The molecule has 1 aromatic heterocycles. The largest absolute Gasteiger partial charge is 0.481 e. The van der Waals surface area contributed by atoms with Gasteiger partial charge in [-0.05, 0) is 6.07 Å². The van der Waals surface area contributed by atoms with Gasteiger partial charge in [0.05, 0.1) is 6.61 Å². The van der Waals surface area contributed by atoms with E-state index in [-0.39, 0.29) is 35.4 Å². The maximum absolute atomic E-state index is 11.7. The minimum absolute atomic E-state index is 0. The van der Waals surface area contributed by atoms with Crippen molar-refractivity contribution in [1.29, 1.82) is 0 Å². The number of hydrogen-bond acceptors (Lipinski definition) is 10. The molecule has 143 valence electrons. The summed E-state index contributed by atoms with van der Waals surface area (Å²) < 4.78 is 35.8. The Bertz CT molecular complexity index is 784. The van der Waals surface area contributed by atoms with Gasteiger partial charge in [0, 0.05) is 35.8 Å². The van der Waals surface area contributed by atoms with Crippen molar-refractivity contribution >= 4 is 51.0 Å². The predicted octanol–water partition coefficient (Wildman–Crippen LogP) is -2.71. The van der Waals surface area contributed by atoms with Gasteiger partial charge in [-0.2, -0.15) is 9.29 Å². The van der Waals surface area contributed by atoms with E-state index >= 15 is 0 Å². The van der Waals surface area contributed by atoms with Crippen molar-refractivity contribution in [3.05, 3.63) is 22.7 Å². The SMILES string of the molecule is Nc1ccn([C@@H]2O[C@H](COP(=O)(O)OP(=O)(O)O)[C@@H](O)[C@H]2O)c(=O)n1.[Na]. The smallest absolute Gasteiger partial charge is 0.387 e. The second-order valence-electron chi connectivity index (χ2n) is 4.93. The summed E-state index contributed by atoms with van der Waals surface area (Å²) in [4.78, 5) is 41.3. The molecule has 1 radical (unpaired) electrons. The van der Waals surface area contributed by atoms with Crippen LogP contribution in [0.4, 0.5) is 5.82 Å². The molecule has 1 aliphatic rings. The van der Waals surface area contributed by atoms with Gasteiger partial charge in [-0.15, -0.1) is 0 Å². The number of nitrogens with zero attached hydrogens (tertiary/aromatic N) is 2. The van der Waals surface area contributed by atoms with Crippen molar-refractivity contribution in [3.8, 4) is 0 Å². The number of nitrogen functional groups attached to an aromatic ring is 1. The Morgan fingerprint density at radius 1 is 1.27 bits per heavy atom. The van der Waals surface area contributed by atoms with Crippen molar-refractivity contribution < 1.29 is 47.6 Å². The summed E-state index contributed by atoms with van der Waals surface area (Å²) in [6.07, 6.45) is -4.93. The summed E-state index contributed by atoms with van der Waals surface area (Å²) in [6, 6.07) is 1.24. The van der Waals surface area contributed by atoms with E-state index in [9.17, 15) is 24.1 Å².